The van der Waals surface area contributed by atoms with Crippen molar-refractivity contribution in [3.8, 4) is 0 Å². The van der Waals surface area contributed by atoms with Crippen molar-refractivity contribution >= 4 is 17.3 Å². The number of ketones is 2. The summed E-state index contributed by atoms with van der Waals surface area (Å²) in [6.45, 7) is 7.48. The molecule has 0 saturated carbocycles. The van der Waals surface area contributed by atoms with Gasteiger partial charge < -0.3 is 28.4 Å². The maximum atomic E-state index is 13.0. The Balaban J connectivity index is 1.41. The van der Waals surface area contributed by atoms with Gasteiger partial charge in [-0.25, -0.2) is 0 Å². The first kappa shape index (κ1) is 20.8. The minimum Gasteiger partial charge on any atom is -0.484 e. The van der Waals surface area contributed by atoms with Gasteiger partial charge in [0.2, 0.25) is 11.6 Å². The molecule has 166 valence electrons. The molecule has 0 amide bonds. The molecular weight excluding hydrogens is 404 g/mol. The van der Waals surface area contributed by atoms with Crippen molar-refractivity contribution in [1.82, 2.24) is 0 Å². The lowest BCUT2D eigenvalue weighted by atomic mass is 9.84. The molecule has 31 heavy (non-hydrogen) atoms. The zero-order chi connectivity index (χ0) is 22.1. The molecule has 0 aromatic heterocycles. The molecule has 3 aliphatic heterocycles. The number of hydrogen-bond donors (Lipinski definition) is 0. The van der Waals surface area contributed by atoms with Gasteiger partial charge in [-0.2, -0.15) is 0 Å². The SMILES string of the molecule is CO[C@@H]1O[C@H](COC2C3=C(OC2(C)C)c2ccccc2C(=O)C3=O)[C@H]2OC(C)(C)O[C@@H]12. The quantitative estimate of drug-likeness (QED) is 0.672. The molecular formula is C23H26O8. The summed E-state index contributed by atoms with van der Waals surface area (Å²) in [6, 6.07) is 6.97. The van der Waals surface area contributed by atoms with Crippen LogP contribution in [0, 0.1) is 0 Å². The molecule has 1 unspecified atom stereocenters. The highest BCUT2D eigenvalue weighted by atomic mass is 16.8. The smallest absolute Gasteiger partial charge is 0.236 e. The van der Waals surface area contributed by atoms with Crippen LogP contribution in [0.3, 0.4) is 0 Å². The second kappa shape index (κ2) is 6.95. The van der Waals surface area contributed by atoms with Gasteiger partial charge in [0.25, 0.3) is 0 Å². The zero-order valence-electron chi connectivity index (χ0n) is 18.2. The molecule has 3 heterocycles. The third-order valence-electron chi connectivity index (χ3n) is 6.14. The highest BCUT2D eigenvalue weighted by molar-refractivity contribution is 6.52. The van der Waals surface area contributed by atoms with E-state index in [4.69, 9.17) is 28.4 Å². The average Bonchev–Trinajstić information content (AvgIpc) is 3.30. The first-order chi connectivity index (χ1) is 14.6. The van der Waals surface area contributed by atoms with E-state index in [0.29, 0.717) is 16.9 Å². The zero-order valence-corrected chi connectivity index (χ0v) is 18.2. The molecule has 4 aliphatic rings. The molecule has 1 aromatic carbocycles. The fraction of sp³-hybridized carbons (Fsp3) is 0.565. The summed E-state index contributed by atoms with van der Waals surface area (Å²) in [4.78, 5) is 25.7. The lowest BCUT2D eigenvalue weighted by molar-refractivity contribution is -0.234. The lowest BCUT2D eigenvalue weighted by Crippen LogP contribution is -2.42. The standard InChI is InChI=1S/C23H26O8/c1-22(2)20(14-16(25)15(24)11-8-6-7-9-12(11)17(14)29-22)27-10-13-18-19(21(26-5)28-13)31-23(3,4)30-18/h6-9,13,18-21H,10H2,1-5H3/t13-,18-,19-,20?,21-/m1/s1. The predicted octanol–water partition coefficient (Wildman–Crippen LogP) is 2.25. The second-order valence-corrected chi connectivity index (χ2v) is 9.21. The van der Waals surface area contributed by atoms with Crippen LogP contribution in [0.15, 0.2) is 29.8 Å². The van der Waals surface area contributed by atoms with Gasteiger partial charge in [0.05, 0.1) is 12.2 Å². The Morgan fingerprint density at radius 3 is 2.35 bits per heavy atom. The monoisotopic (exact) mass is 430 g/mol. The number of carbonyl (C=O) groups is 2. The Morgan fingerprint density at radius 2 is 1.65 bits per heavy atom. The van der Waals surface area contributed by atoms with Crippen molar-refractivity contribution in [3.63, 3.8) is 0 Å². The van der Waals surface area contributed by atoms with E-state index in [9.17, 15) is 9.59 Å². The number of fused-ring (bicyclic) bond motifs is 3. The number of ether oxygens (including phenoxy) is 6. The van der Waals surface area contributed by atoms with Crippen molar-refractivity contribution in [2.24, 2.45) is 0 Å². The summed E-state index contributed by atoms with van der Waals surface area (Å²) in [7, 11) is 1.55. The molecule has 1 aromatic rings. The van der Waals surface area contributed by atoms with E-state index in [1.54, 1.807) is 25.3 Å². The van der Waals surface area contributed by atoms with Gasteiger partial charge in [-0.05, 0) is 27.7 Å². The molecule has 1 aliphatic carbocycles. The van der Waals surface area contributed by atoms with E-state index in [1.165, 1.54) is 0 Å². The van der Waals surface area contributed by atoms with Crippen LogP contribution in [-0.2, 0) is 33.2 Å². The predicted molar refractivity (Wildman–Crippen MR) is 107 cm³/mol. The molecule has 5 rings (SSSR count). The van der Waals surface area contributed by atoms with Gasteiger partial charge in [-0.15, -0.1) is 0 Å². The summed E-state index contributed by atoms with van der Waals surface area (Å²) in [5, 5.41) is 0. The van der Waals surface area contributed by atoms with E-state index in [0.717, 1.165) is 0 Å². The van der Waals surface area contributed by atoms with Crippen LogP contribution in [0.1, 0.15) is 43.6 Å². The highest BCUT2D eigenvalue weighted by Gasteiger charge is 2.57. The third-order valence-corrected chi connectivity index (χ3v) is 6.14. The van der Waals surface area contributed by atoms with Gasteiger partial charge in [0, 0.05) is 18.2 Å². The maximum absolute atomic E-state index is 13.0. The average molecular weight is 430 g/mol. The third kappa shape index (κ3) is 3.16. The largest absolute Gasteiger partial charge is 0.484 e. The Bertz CT molecular complexity index is 978. The van der Waals surface area contributed by atoms with Crippen molar-refractivity contribution in [2.75, 3.05) is 13.7 Å². The molecule has 0 radical (unpaired) electrons. The number of rotatable bonds is 4. The molecule has 5 atom stereocenters. The molecule has 8 nitrogen and oxygen atoms in total. The van der Waals surface area contributed by atoms with E-state index >= 15 is 0 Å². The minimum absolute atomic E-state index is 0.123. The topological polar surface area (TPSA) is 89.5 Å². The minimum atomic E-state index is -0.844. The summed E-state index contributed by atoms with van der Waals surface area (Å²) in [5.41, 5.74) is 0.386. The van der Waals surface area contributed by atoms with Gasteiger partial charge in [-0.3, -0.25) is 9.59 Å². The Kier molecular flexibility index (Phi) is 4.66. The fourth-order valence-corrected chi connectivity index (χ4v) is 4.83. The van der Waals surface area contributed by atoms with Crippen molar-refractivity contribution < 1.29 is 38.0 Å². The summed E-state index contributed by atoms with van der Waals surface area (Å²) in [6.07, 6.45) is -2.51. The van der Waals surface area contributed by atoms with Crippen LogP contribution < -0.4 is 0 Å². The highest BCUT2D eigenvalue weighted by Crippen LogP contribution is 2.46. The number of benzene rings is 1. The Hall–Kier alpha value is -2.10. The van der Waals surface area contributed by atoms with Crippen LogP contribution in [-0.4, -0.2) is 67.4 Å². The normalized spacial score (nSPS) is 35.1. The molecule has 0 spiro atoms. The second-order valence-electron chi connectivity index (χ2n) is 9.21. The van der Waals surface area contributed by atoms with E-state index < -0.39 is 41.5 Å². The Morgan fingerprint density at radius 1 is 0.968 bits per heavy atom. The molecule has 0 N–H and O–H groups in total. The molecule has 0 bridgehead atoms. The van der Waals surface area contributed by atoms with Crippen molar-refractivity contribution in [1.29, 1.82) is 0 Å². The number of carbonyl (C=O) groups excluding carboxylic acids is 2. The lowest BCUT2D eigenvalue weighted by Gasteiger charge is -2.29. The summed E-state index contributed by atoms with van der Waals surface area (Å²) >= 11 is 0. The van der Waals surface area contributed by atoms with E-state index in [1.807, 2.05) is 33.8 Å². The van der Waals surface area contributed by atoms with E-state index in [-0.39, 0.29) is 24.4 Å². The van der Waals surface area contributed by atoms with Gasteiger partial charge in [-0.1, -0.05) is 24.3 Å². The van der Waals surface area contributed by atoms with Gasteiger partial charge in [0.1, 0.15) is 35.8 Å². The first-order valence-corrected chi connectivity index (χ1v) is 10.4. The van der Waals surface area contributed by atoms with Gasteiger partial charge in [0.15, 0.2) is 12.1 Å². The van der Waals surface area contributed by atoms with Crippen LogP contribution in [0.25, 0.3) is 5.76 Å². The van der Waals surface area contributed by atoms with Crippen molar-refractivity contribution in [3.05, 3.63) is 41.0 Å². The number of methoxy groups -OCH3 is 1. The molecule has 2 fully saturated rings. The van der Waals surface area contributed by atoms with Crippen molar-refractivity contribution in [2.45, 2.75) is 69.8 Å². The van der Waals surface area contributed by atoms with E-state index in [2.05, 4.69) is 0 Å². The van der Waals surface area contributed by atoms with Gasteiger partial charge >= 0.3 is 0 Å². The fourth-order valence-electron chi connectivity index (χ4n) is 4.83. The molecule has 8 heteroatoms. The van der Waals surface area contributed by atoms with Crippen LogP contribution >= 0.6 is 0 Å². The maximum Gasteiger partial charge on any atom is 0.236 e. The van der Waals surface area contributed by atoms with Crippen LogP contribution in [0.2, 0.25) is 0 Å². The number of hydrogen-bond acceptors (Lipinski definition) is 8. The van der Waals surface area contributed by atoms with Crippen LogP contribution in [0.4, 0.5) is 0 Å². The number of Topliss-reactive ketones (excluding diaryl/α,β-unsaturated/α-hetero) is 2. The first-order valence-electron chi connectivity index (χ1n) is 10.4. The summed E-state index contributed by atoms with van der Waals surface area (Å²) < 4.78 is 35.6. The molecule has 2 saturated heterocycles. The summed E-state index contributed by atoms with van der Waals surface area (Å²) in [5.74, 6) is -1.48. The van der Waals surface area contributed by atoms with Crippen LogP contribution in [0.5, 0.6) is 0 Å². The Labute approximate surface area is 180 Å².